The summed E-state index contributed by atoms with van der Waals surface area (Å²) in [5.74, 6) is 0.848. The highest BCUT2D eigenvalue weighted by Gasteiger charge is 2.13. The largest absolute Gasteiger partial charge is 0.338 e. The highest BCUT2D eigenvalue weighted by molar-refractivity contribution is 5.31. The van der Waals surface area contributed by atoms with Gasteiger partial charge in [-0.2, -0.15) is 0 Å². The van der Waals surface area contributed by atoms with Crippen molar-refractivity contribution in [2.75, 3.05) is 11.4 Å². The maximum absolute atomic E-state index is 4.55. The van der Waals surface area contributed by atoms with Crippen LogP contribution in [0, 0.1) is 0 Å². The fourth-order valence-corrected chi connectivity index (χ4v) is 2.08. The Morgan fingerprint density at radius 2 is 1.76 bits per heavy atom. The SMILES string of the molecule is CCCCCN(c1ncc(CNC(C)(C)C)cn1)C(C)C. The molecule has 0 aromatic carbocycles. The number of aromatic nitrogens is 2. The molecule has 0 fully saturated rings. The van der Waals surface area contributed by atoms with Gasteiger partial charge in [-0.3, -0.25) is 0 Å². The number of anilines is 1. The summed E-state index contributed by atoms with van der Waals surface area (Å²) >= 11 is 0. The van der Waals surface area contributed by atoms with E-state index < -0.39 is 0 Å². The van der Waals surface area contributed by atoms with E-state index in [1.54, 1.807) is 0 Å². The topological polar surface area (TPSA) is 41.1 Å². The third-order valence-electron chi connectivity index (χ3n) is 3.40. The molecule has 0 spiro atoms. The molecule has 0 saturated carbocycles. The molecule has 0 unspecified atom stereocenters. The van der Waals surface area contributed by atoms with Crippen LogP contribution in [0.4, 0.5) is 5.95 Å². The molecule has 4 nitrogen and oxygen atoms in total. The van der Waals surface area contributed by atoms with Gasteiger partial charge in [-0.05, 0) is 41.0 Å². The molecule has 0 aliphatic heterocycles. The van der Waals surface area contributed by atoms with Crippen LogP contribution < -0.4 is 10.2 Å². The molecule has 0 aliphatic rings. The van der Waals surface area contributed by atoms with E-state index in [0.717, 1.165) is 24.6 Å². The summed E-state index contributed by atoms with van der Waals surface area (Å²) in [4.78, 5) is 11.4. The van der Waals surface area contributed by atoms with Gasteiger partial charge in [-0.15, -0.1) is 0 Å². The van der Waals surface area contributed by atoms with Crippen LogP contribution in [-0.4, -0.2) is 28.1 Å². The Balaban J connectivity index is 2.64. The van der Waals surface area contributed by atoms with Crippen LogP contribution in [-0.2, 0) is 6.54 Å². The maximum Gasteiger partial charge on any atom is 0.225 e. The molecule has 0 saturated heterocycles. The molecule has 1 heterocycles. The zero-order chi connectivity index (χ0) is 15.9. The molecule has 0 bridgehead atoms. The van der Waals surface area contributed by atoms with Crippen LogP contribution in [0.3, 0.4) is 0 Å². The minimum Gasteiger partial charge on any atom is -0.338 e. The second-order valence-corrected chi connectivity index (χ2v) is 6.99. The highest BCUT2D eigenvalue weighted by atomic mass is 15.3. The molecule has 120 valence electrons. The summed E-state index contributed by atoms with van der Waals surface area (Å²) in [6.07, 6.45) is 7.58. The average Bonchev–Trinajstić information content (AvgIpc) is 2.41. The van der Waals surface area contributed by atoms with Crippen LogP contribution in [0.1, 0.15) is 66.4 Å². The van der Waals surface area contributed by atoms with E-state index in [1.807, 2.05) is 12.4 Å². The Morgan fingerprint density at radius 3 is 2.24 bits per heavy atom. The van der Waals surface area contributed by atoms with Gasteiger partial charge in [0.1, 0.15) is 0 Å². The molecule has 0 radical (unpaired) electrons. The minimum absolute atomic E-state index is 0.114. The van der Waals surface area contributed by atoms with Crippen LogP contribution >= 0.6 is 0 Å². The second-order valence-electron chi connectivity index (χ2n) is 6.99. The molecular formula is C17H32N4. The number of hydrogen-bond acceptors (Lipinski definition) is 4. The first-order valence-electron chi connectivity index (χ1n) is 8.16. The first kappa shape index (κ1) is 17.9. The Labute approximate surface area is 130 Å². The Morgan fingerprint density at radius 1 is 1.14 bits per heavy atom. The highest BCUT2D eigenvalue weighted by Crippen LogP contribution is 2.13. The molecule has 4 heteroatoms. The third-order valence-corrected chi connectivity index (χ3v) is 3.40. The summed E-state index contributed by atoms with van der Waals surface area (Å²) in [7, 11) is 0. The fraction of sp³-hybridized carbons (Fsp3) is 0.765. The normalized spacial score (nSPS) is 12.0. The van der Waals surface area contributed by atoms with Gasteiger partial charge in [0.25, 0.3) is 0 Å². The van der Waals surface area contributed by atoms with E-state index in [-0.39, 0.29) is 5.54 Å². The molecule has 0 amide bonds. The predicted octanol–water partition coefficient (Wildman–Crippen LogP) is 3.77. The van der Waals surface area contributed by atoms with Crippen molar-refractivity contribution in [3.8, 4) is 0 Å². The van der Waals surface area contributed by atoms with Gasteiger partial charge in [-0.25, -0.2) is 9.97 Å². The molecule has 1 rings (SSSR count). The first-order valence-corrected chi connectivity index (χ1v) is 8.16. The zero-order valence-corrected chi connectivity index (χ0v) is 14.6. The second kappa shape index (κ2) is 8.32. The molecule has 1 aromatic rings. The van der Waals surface area contributed by atoms with Crippen molar-refractivity contribution >= 4 is 5.95 Å². The summed E-state index contributed by atoms with van der Waals surface area (Å²) < 4.78 is 0. The van der Waals surface area contributed by atoms with E-state index in [1.165, 1.54) is 19.3 Å². The number of nitrogens with one attached hydrogen (secondary N) is 1. The standard InChI is InChI=1S/C17H32N4/c1-7-8-9-10-21(14(2)3)16-18-11-15(12-19-16)13-20-17(4,5)6/h11-12,14,20H,7-10,13H2,1-6H3. The lowest BCUT2D eigenvalue weighted by Crippen LogP contribution is -2.35. The van der Waals surface area contributed by atoms with Gasteiger partial charge in [-0.1, -0.05) is 19.8 Å². The number of nitrogens with zero attached hydrogens (tertiary/aromatic N) is 3. The Kier molecular flexibility index (Phi) is 7.09. The Hall–Kier alpha value is -1.16. The Bertz CT molecular complexity index is 392. The van der Waals surface area contributed by atoms with Crippen molar-refractivity contribution in [2.24, 2.45) is 0 Å². The van der Waals surface area contributed by atoms with Crippen molar-refractivity contribution in [3.05, 3.63) is 18.0 Å². The molecule has 0 aliphatic carbocycles. The first-order chi connectivity index (χ1) is 9.83. The van der Waals surface area contributed by atoms with Crippen LogP contribution in [0.2, 0.25) is 0 Å². The molecule has 1 N–H and O–H groups in total. The average molecular weight is 292 g/mol. The van der Waals surface area contributed by atoms with Crippen LogP contribution in [0.25, 0.3) is 0 Å². The van der Waals surface area contributed by atoms with Gasteiger partial charge in [0.15, 0.2) is 0 Å². The maximum atomic E-state index is 4.55. The zero-order valence-electron chi connectivity index (χ0n) is 14.6. The van der Waals surface area contributed by atoms with Gasteiger partial charge >= 0.3 is 0 Å². The van der Waals surface area contributed by atoms with Crippen molar-refractivity contribution < 1.29 is 0 Å². The van der Waals surface area contributed by atoms with Crippen LogP contribution in [0.5, 0.6) is 0 Å². The quantitative estimate of drug-likeness (QED) is 0.741. The summed E-state index contributed by atoms with van der Waals surface area (Å²) in [6.45, 7) is 15.0. The predicted molar refractivity (Wildman–Crippen MR) is 90.6 cm³/mol. The summed E-state index contributed by atoms with van der Waals surface area (Å²) in [6, 6.07) is 0.431. The molecular weight excluding hydrogens is 260 g/mol. The lowest BCUT2D eigenvalue weighted by Gasteiger charge is -2.27. The van der Waals surface area contributed by atoms with E-state index in [2.05, 4.69) is 61.7 Å². The van der Waals surface area contributed by atoms with E-state index in [9.17, 15) is 0 Å². The van der Waals surface area contributed by atoms with Gasteiger partial charge < -0.3 is 10.2 Å². The molecule has 0 atom stereocenters. The smallest absolute Gasteiger partial charge is 0.225 e. The lowest BCUT2D eigenvalue weighted by molar-refractivity contribution is 0.423. The minimum atomic E-state index is 0.114. The van der Waals surface area contributed by atoms with Crippen molar-refractivity contribution in [3.63, 3.8) is 0 Å². The van der Waals surface area contributed by atoms with Gasteiger partial charge in [0.2, 0.25) is 5.95 Å². The fourth-order valence-electron chi connectivity index (χ4n) is 2.08. The lowest BCUT2D eigenvalue weighted by atomic mass is 10.1. The van der Waals surface area contributed by atoms with E-state index >= 15 is 0 Å². The van der Waals surface area contributed by atoms with E-state index in [4.69, 9.17) is 0 Å². The summed E-state index contributed by atoms with van der Waals surface area (Å²) in [5, 5.41) is 3.46. The monoisotopic (exact) mass is 292 g/mol. The van der Waals surface area contributed by atoms with Gasteiger partial charge in [0, 0.05) is 42.6 Å². The van der Waals surface area contributed by atoms with Gasteiger partial charge in [0.05, 0.1) is 0 Å². The third kappa shape index (κ3) is 6.89. The number of rotatable bonds is 8. The number of unbranched alkanes of at least 4 members (excludes halogenated alkanes) is 2. The number of hydrogen-bond donors (Lipinski definition) is 1. The summed E-state index contributed by atoms with van der Waals surface area (Å²) in [5.41, 5.74) is 1.24. The van der Waals surface area contributed by atoms with Crippen molar-refractivity contribution in [2.45, 2.75) is 78.9 Å². The van der Waals surface area contributed by atoms with Crippen molar-refractivity contribution in [1.82, 2.24) is 15.3 Å². The van der Waals surface area contributed by atoms with E-state index in [0.29, 0.717) is 6.04 Å². The molecule has 1 aromatic heterocycles. The van der Waals surface area contributed by atoms with Crippen LogP contribution in [0.15, 0.2) is 12.4 Å². The molecule has 21 heavy (non-hydrogen) atoms. The van der Waals surface area contributed by atoms with Crippen molar-refractivity contribution in [1.29, 1.82) is 0 Å².